The number of aliphatic hydroxyl groups is 1. The van der Waals surface area contributed by atoms with Crippen LogP contribution in [0.3, 0.4) is 0 Å². The Bertz CT molecular complexity index is 93.5. The Morgan fingerprint density at radius 2 is 2.45 bits per heavy atom. The standard InChI is InChI=1S/C8H16O3/c1-2-10-8-5-7(3-4-9)6-11-8/h7-9H,2-6H2,1H3/t7-,8+/m0/s1. The molecule has 0 radical (unpaired) electrons. The topological polar surface area (TPSA) is 38.7 Å². The first-order valence-corrected chi connectivity index (χ1v) is 4.21. The van der Waals surface area contributed by atoms with Crippen molar-refractivity contribution in [2.24, 2.45) is 5.92 Å². The van der Waals surface area contributed by atoms with Crippen LogP contribution < -0.4 is 0 Å². The van der Waals surface area contributed by atoms with Gasteiger partial charge in [-0.1, -0.05) is 0 Å². The van der Waals surface area contributed by atoms with Gasteiger partial charge in [-0.05, 0) is 19.3 Å². The number of ether oxygens (including phenoxy) is 2. The molecule has 66 valence electrons. The average molecular weight is 160 g/mol. The smallest absolute Gasteiger partial charge is 0.157 e. The Labute approximate surface area is 67.3 Å². The lowest BCUT2D eigenvalue weighted by Gasteiger charge is -2.07. The Kier molecular flexibility index (Phi) is 3.83. The predicted molar refractivity (Wildman–Crippen MR) is 41.2 cm³/mol. The minimum Gasteiger partial charge on any atom is -0.396 e. The molecule has 3 heteroatoms. The molecule has 1 rings (SSSR count). The summed E-state index contributed by atoms with van der Waals surface area (Å²) < 4.78 is 10.6. The molecule has 0 saturated carbocycles. The third-order valence-electron chi connectivity index (χ3n) is 1.93. The molecular formula is C8H16O3. The zero-order valence-corrected chi connectivity index (χ0v) is 6.95. The third-order valence-corrected chi connectivity index (χ3v) is 1.93. The van der Waals surface area contributed by atoms with Crippen molar-refractivity contribution in [3.63, 3.8) is 0 Å². The van der Waals surface area contributed by atoms with E-state index in [4.69, 9.17) is 14.6 Å². The van der Waals surface area contributed by atoms with E-state index in [0.717, 1.165) is 19.4 Å². The molecule has 0 amide bonds. The van der Waals surface area contributed by atoms with Crippen molar-refractivity contribution in [2.75, 3.05) is 19.8 Å². The molecule has 11 heavy (non-hydrogen) atoms. The molecule has 1 aliphatic heterocycles. The second kappa shape index (κ2) is 4.70. The molecule has 0 aromatic carbocycles. The summed E-state index contributed by atoms with van der Waals surface area (Å²) in [6.07, 6.45) is 1.76. The van der Waals surface area contributed by atoms with E-state index >= 15 is 0 Å². The highest BCUT2D eigenvalue weighted by Crippen LogP contribution is 2.22. The van der Waals surface area contributed by atoms with Crippen LogP contribution in [0.2, 0.25) is 0 Å². The Balaban J connectivity index is 2.12. The van der Waals surface area contributed by atoms with Crippen molar-refractivity contribution in [3.05, 3.63) is 0 Å². The summed E-state index contributed by atoms with van der Waals surface area (Å²) in [6.45, 7) is 3.66. The van der Waals surface area contributed by atoms with Gasteiger partial charge in [0.05, 0.1) is 6.61 Å². The lowest BCUT2D eigenvalue weighted by Crippen LogP contribution is -2.10. The van der Waals surface area contributed by atoms with E-state index in [1.165, 1.54) is 0 Å². The molecule has 0 unspecified atom stereocenters. The number of hydrogen-bond acceptors (Lipinski definition) is 3. The maximum absolute atomic E-state index is 8.65. The van der Waals surface area contributed by atoms with E-state index in [2.05, 4.69) is 0 Å². The molecule has 0 aliphatic carbocycles. The molecule has 0 bridgehead atoms. The minimum atomic E-state index is -0.0171. The summed E-state index contributed by atoms with van der Waals surface area (Å²) in [5.41, 5.74) is 0. The molecule has 3 nitrogen and oxygen atoms in total. The van der Waals surface area contributed by atoms with Gasteiger partial charge in [-0.25, -0.2) is 0 Å². The van der Waals surface area contributed by atoms with Crippen LogP contribution in [0, 0.1) is 5.92 Å². The van der Waals surface area contributed by atoms with Gasteiger partial charge >= 0.3 is 0 Å². The fourth-order valence-corrected chi connectivity index (χ4v) is 1.34. The molecule has 0 aromatic heterocycles. The van der Waals surface area contributed by atoms with Crippen molar-refractivity contribution in [3.8, 4) is 0 Å². The lowest BCUT2D eigenvalue weighted by atomic mass is 10.1. The van der Waals surface area contributed by atoms with Crippen molar-refractivity contribution in [1.29, 1.82) is 0 Å². The SMILES string of the molecule is CCO[C@H]1C[C@H](CCO)CO1. The highest BCUT2D eigenvalue weighted by Gasteiger charge is 2.24. The molecular weight excluding hydrogens is 144 g/mol. The van der Waals surface area contributed by atoms with Crippen LogP contribution in [0.5, 0.6) is 0 Å². The summed E-state index contributed by atoms with van der Waals surface area (Å²) in [5.74, 6) is 0.497. The van der Waals surface area contributed by atoms with Gasteiger partial charge < -0.3 is 14.6 Å². The van der Waals surface area contributed by atoms with Crippen LogP contribution in [0.4, 0.5) is 0 Å². The predicted octanol–water partition coefficient (Wildman–Crippen LogP) is 0.768. The van der Waals surface area contributed by atoms with Gasteiger partial charge in [0.25, 0.3) is 0 Å². The Morgan fingerprint density at radius 1 is 1.64 bits per heavy atom. The number of aliphatic hydroxyl groups excluding tert-OH is 1. The van der Waals surface area contributed by atoms with E-state index in [0.29, 0.717) is 12.5 Å². The van der Waals surface area contributed by atoms with E-state index in [1.807, 2.05) is 6.92 Å². The normalized spacial score (nSPS) is 31.1. The maximum Gasteiger partial charge on any atom is 0.157 e. The van der Waals surface area contributed by atoms with Gasteiger partial charge in [0.1, 0.15) is 0 Å². The van der Waals surface area contributed by atoms with Crippen molar-refractivity contribution < 1.29 is 14.6 Å². The molecule has 0 aromatic rings. The van der Waals surface area contributed by atoms with Crippen molar-refractivity contribution in [2.45, 2.75) is 26.1 Å². The summed E-state index contributed by atoms with van der Waals surface area (Å²) in [5, 5.41) is 8.65. The highest BCUT2D eigenvalue weighted by atomic mass is 16.7. The lowest BCUT2D eigenvalue weighted by molar-refractivity contribution is -0.106. The van der Waals surface area contributed by atoms with E-state index in [1.54, 1.807) is 0 Å². The second-order valence-corrected chi connectivity index (χ2v) is 2.83. The Hall–Kier alpha value is -0.120. The summed E-state index contributed by atoms with van der Waals surface area (Å²) in [6, 6.07) is 0. The van der Waals surface area contributed by atoms with Crippen molar-refractivity contribution >= 4 is 0 Å². The van der Waals surface area contributed by atoms with Crippen LogP contribution >= 0.6 is 0 Å². The molecule has 2 atom stereocenters. The quantitative estimate of drug-likeness (QED) is 0.660. The first-order valence-electron chi connectivity index (χ1n) is 4.21. The first-order chi connectivity index (χ1) is 5.36. The Morgan fingerprint density at radius 3 is 3.09 bits per heavy atom. The average Bonchev–Trinajstić information content (AvgIpc) is 2.38. The van der Waals surface area contributed by atoms with Gasteiger partial charge in [0, 0.05) is 19.6 Å². The van der Waals surface area contributed by atoms with Gasteiger partial charge in [0.15, 0.2) is 6.29 Å². The first kappa shape index (κ1) is 8.97. The summed E-state index contributed by atoms with van der Waals surface area (Å²) >= 11 is 0. The highest BCUT2D eigenvalue weighted by molar-refractivity contribution is 4.67. The van der Waals surface area contributed by atoms with Crippen LogP contribution in [0.25, 0.3) is 0 Å². The van der Waals surface area contributed by atoms with Crippen LogP contribution in [-0.2, 0) is 9.47 Å². The van der Waals surface area contributed by atoms with E-state index in [9.17, 15) is 0 Å². The molecule has 0 spiro atoms. The summed E-state index contributed by atoms with van der Waals surface area (Å²) in [7, 11) is 0. The molecule has 1 N–H and O–H groups in total. The van der Waals surface area contributed by atoms with Gasteiger partial charge in [-0.2, -0.15) is 0 Å². The molecule has 1 saturated heterocycles. The fraction of sp³-hybridized carbons (Fsp3) is 1.00. The van der Waals surface area contributed by atoms with Gasteiger partial charge in [-0.3, -0.25) is 0 Å². The van der Waals surface area contributed by atoms with Crippen LogP contribution in [0.15, 0.2) is 0 Å². The zero-order valence-electron chi connectivity index (χ0n) is 6.95. The maximum atomic E-state index is 8.65. The number of hydrogen-bond donors (Lipinski definition) is 1. The third kappa shape index (κ3) is 2.77. The minimum absolute atomic E-state index is 0.0171. The molecule has 1 fully saturated rings. The fourth-order valence-electron chi connectivity index (χ4n) is 1.34. The molecule has 1 aliphatic rings. The molecule has 1 heterocycles. The number of rotatable bonds is 4. The van der Waals surface area contributed by atoms with Crippen LogP contribution in [0.1, 0.15) is 19.8 Å². The van der Waals surface area contributed by atoms with E-state index < -0.39 is 0 Å². The van der Waals surface area contributed by atoms with Gasteiger partial charge in [-0.15, -0.1) is 0 Å². The zero-order chi connectivity index (χ0) is 8.10. The van der Waals surface area contributed by atoms with Gasteiger partial charge in [0.2, 0.25) is 0 Å². The monoisotopic (exact) mass is 160 g/mol. The van der Waals surface area contributed by atoms with Crippen molar-refractivity contribution in [1.82, 2.24) is 0 Å². The second-order valence-electron chi connectivity index (χ2n) is 2.83. The summed E-state index contributed by atoms with van der Waals surface area (Å²) in [4.78, 5) is 0. The van der Waals surface area contributed by atoms with Crippen LogP contribution in [-0.4, -0.2) is 31.2 Å². The largest absolute Gasteiger partial charge is 0.396 e. The van der Waals surface area contributed by atoms with E-state index in [-0.39, 0.29) is 12.9 Å².